The molecule has 1 N–H and O–H groups in total. The number of hydrogen-bond donors (Lipinski definition) is 1. The van der Waals surface area contributed by atoms with Gasteiger partial charge in [-0.25, -0.2) is 0 Å². The number of benzene rings is 2. The number of rotatable bonds is 3. The fourth-order valence-electron chi connectivity index (χ4n) is 4.06. The second-order valence-electron chi connectivity index (χ2n) is 9.37. The summed E-state index contributed by atoms with van der Waals surface area (Å²) in [6, 6.07) is 15.6. The molecule has 1 saturated heterocycles. The molecule has 1 amide bonds. The van der Waals surface area contributed by atoms with Crippen molar-refractivity contribution in [1.29, 1.82) is 0 Å². The van der Waals surface area contributed by atoms with E-state index in [0.29, 0.717) is 22.8 Å². The maximum Gasteiger partial charge on any atom is 0.300 e. The molecule has 0 saturated carbocycles. The number of ketones is 1. The van der Waals surface area contributed by atoms with E-state index < -0.39 is 17.7 Å². The summed E-state index contributed by atoms with van der Waals surface area (Å²) in [6.07, 6.45) is 0. The summed E-state index contributed by atoms with van der Waals surface area (Å²) in [7, 11) is 0. The normalized spacial score (nSPS) is 18.2. The lowest BCUT2D eigenvalue weighted by atomic mass is 9.84. The van der Waals surface area contributed by atoms with Crippen LogP contribution in [0.1, 0.15) is 55.0 Å². The number of aryl methyl sites for hydroxylation is 2. The minimum atomic E-state index is -0.877. The van der Waals surface area contributed by atoms with Crippen LogP contribution in [0.4, 0.5) is 5.69 Å². The lowest BCUT2D eigenvalue weighted by Crippen LogP contribution is -2.29. The molecule has 1 fully saturated rings. The van der Waals surface area contributed by atoms with Gasteiger partial charge in [0.15, 0.2) is 0 Å². The number of amides is 1. The Balaban J connectivity index is 1.96. The molecule has 0 aliphatic carbocycles. The number of halogens is 1. The van der Waals surface area contributed by atoms with E-state index in [4.69, 9.17) is 4.42 Å². The van der Waals surface area contributed by atoms with Gasteiger partial charge >= 0.3 is 0 Å². The molecule has 0 spiro atoms. The Kier molecular flexibility index (Phi) is 5.83. The highest BCUT2D eigenvalue weighted by Gasteiger charge is 2.48. The molecule has 5 nitrogen and oxygen atoms in total. The van der Waals surface area contributed by atoms with Gasteiger partial charge < -0.3 is 9.52 Å². The van der Waals surface area contributed by atoms with Crippen LogP contribution in [0.25, 0.3) is 5.76 Å². The van der Waals surface area contributed by atoms with Gasteiger partial charge in [-0.2, -0.15) is 0 Å². The Bertz CT molecular complexity index is 1280. The molecular formula is C27H26BrNO4. The highest BCUT2D eigenvalue weighted by atomic mass is 79.9. The minimum absolute atomic E-state index is 0.0198. The molecule has 3 aromatic rings. The van der Waals surface area contributed by atoms with Crippen molar-refractivity contribution in [1.82, 2.24) is 0 Å². The summed E-state index contributed by atoms with van der Waals surface area (Å²) in [6.45, 7) is 9.92. The van der Waals surface area contributed by atoms with Crippen LogP contribution in [-0.4, -0.2) is 16.8 Å². The maximum absolute atomic E-state index is 13.3. The van der Waals surface area contributed by atoms with Crippen molar-refractivity contribution >= 4 is 39.1 Å². The highest BCUT2D eigenvalue weighted by molar-refractivity contribution is 9.10. The average molecular weight is 508 g/mol. The van der Waals surface area contributed by atoms with Gasteiger partial charge in [0.1, 0.15) is 23.3 Å². The zero-order chi connectivity index (χ0) is 24.1. The van der Waals surface area contributed by atoms with Crippen LogP contribution >= 0.6 is 15.9 Å². The molecule has 1 aliphatic rings. The fourth-order valence-corrected chi connectivity index (χ4v) is 4.32. The molecule has 170 valence electrons. The Morgan fingerprint density at radius 1 is 1.00 bits per heavy atom. The van der Waals surface area contributed by atoms with Gasteiger partial charge in [-0.1, -0.05) is 48.8 Å². The first-order valence-electron chi connectivity index (χ1n) is 10.7. The second kappa shape index (κ2) is 8.34. The molecular weight excluding hydrogens is 482 g/mol. The van der Waals surface area contributed by atoms with Gasteiger partial charge in [-0.05, 0) is 72.9 Å². The molecule has 0 bridgehead atoms. The molecule has 1 aromatic heterocycles. The Hall–Kier alpha value is -3.12. The molecule has 1 aliphatic heterocycles. The van der Waals surface area contributed by atoms with Crippen LogP contribution in [0.5, 0.6) is 0 Å². The van der Waals surface area contributed by atoms with Gasteiger partial charge in [0, 0.05) is 15.7 Å². The smallest absolute Gasteiger partial charge is 0.300 e. The predicted molar refractivity (Wildman–Crippen MR) is 132 cm³/mol. The van der Waals surface area contributed by atoms with E-state index in [1.54, 1.807) is 43.3 Å². The van der Waals surface area contributed by atoms with Crippen LogP contribution in [0, 0.1) is 13.8 Å². The quantitative estimate of drug-likeness (QED) is 0.246. The summed E-state index contributed by atoms with van der Waals surface area (Å²) in [4.78, 5) is 27.9. The standard InChI is InChI=1S/C27H26BrNO4/c1-15-6-8-17(27(3,4)5)14-20(15)24(30)22-23(21-13-7-16(2)33-21)29(26(32)25(22)31)19-11-9-18(28)10-12-19/h6-14,23,30H,1-5H3/b24-22+. The molecule has 2 heterocycles. The summed E-state index contributed by atoms with van der Waals surface area (Å²) in [5, 5.41) is 11.5. The first kappa shape index (κ1) is 23.1. The Labute approximate surface area is 201 Å². The minimum Gasteiger partial charge on any atom is -0.507 e. The number of aliphatic hydroxyl groups is 1. The van der Waals surface area contributed by atoms with Crippen molar-refractivity contribution in [3.8, 4) is 0 Å². The van der Waals surface area contributed by atoms with Crippen molar-refractivity contribution in [3.63, 3.8) is 0 Å². The second-order valence-corrected chi connectivity index (χ2v) is 10.3. The first-order chi connectivity index (χ1) is 15.5. The monoisotopic (exact) mass is 507 g/mol. The largest absolute Gasteiger partial charge is 0.507 e. The molecule has 0 radical (unpaired) electrons. The van der Waals surface area contributed by atoms with Crippen LogP contribution in [0.2, 0.25) is 0 Å². The number of anilines is 1. The van der Waals surface area contributed by atoms with E-state index in [1.165, 1.54) is 4.90 Å². The zero-order valence-corrected chi connectivity index (χ0v) is 20.9. The molecule has 1 atom stereocenters. The molecule has 2 aromatic carbocycles. The highest BCUT2D eigenvalue weighted by Crippen LogP contribution is 2.43. The van der Waals surface area contributed by atoms with Crippen LogP contribution in [0.15, 0.2) is 69.1 Å². The van der Waals surface area contributed by atoms with E-state index >= 15 is 0 Å². The number of nitrogens with zero attached hydrogens (tertiary/aromatic N) is 1. The average Bonchev–Trinajstić information content (AvgIpc) is 3.29. The number of carbonyl (C=O) groups excluding carboxylic acids is 2. The molecule has 33 heavy (non-hydrogen) atoms. The van der Waals surface area contributed by atoms with Gasteiger partial charge in [0.25, 0.3) is 11.7 Å². The number of carbonyl (C=O) groups is 2. The number of Topliss-reactive ketones (excluding diaryl/α,β-unsaturated/α-hetero) is 1. The molecule has 6 heteroatoms. The first-order valence-corrected chi connectivity index (χ1v) is 11.5. The number of hydrogen-bond acceptors (Lipinski definition) is 4. The van der Waals surface area contributed by atoms with Crippen LogP contribution in [-0.2, 0) is 15.0 Å². The van der Waals surface area contributed by atoms with Crippen molar-refractivity contribution in [2.75, 3.05) is 4.90 Å². The van der Waals surface area contributed by atoms with E-state index in [9.17, 15) is 14.7 Å². The zero-order valence-electron chi connectivity index (χ0n) is 19.3. The van der Waals surface area contributed by atoms with E-state index in [0.717, 1.165) is 15.6 Å². The van der Waals surface area contributed by atoms with Gasteiger partial charge in [0.05, 0.1) is 5.57 Å². The van der Waals surface area contributed by atoms with Crippen molar-refractivity contribution in [2.45, 2.75) is 46.1 Å². The topological polar surface area (TPSA) is 70.8 Å². The van der Waals surface area contributed by atoms with Crippen LogP contribution < -0.4 is 4.90 Å². The third-order valence-electron chi connectivity index (χ3n) is 5.94. The lowest BCUT2D eigenvalue weighted by molar-refractivity contribution is -0.132. The summed E-state index contributed by atoms with van der Waals surface area (Å²) < 4.78 is 6.71. The van der Waals surface area contributed by atoms with Crippen molar-refractivity contribution in [2.24, 2.45) is 0 Å². The summed E-state index contributed by atoms with van der Waals surface area (Å²) >= 11 is 3.40. The summed E-state index contributed by atoms with van der Waals surface area (Å²) in [5.74, 6) is -0.577. The Morgan fingerprint density at radius 2 is 1.67 bits per heavy atom. The number of furan rings is 1. The fraction of sp³-hybridized carbons (Fsp3) is 0.259. The van der Waals surface area contributed by atoms with E-state index in [1.807, 2.05) is 25.1 Å². The third kappa shape index (κ3) is 4.15. The van der Waals surface area contributed by atoms with E-state index in [-0.39, 0.29) is 16.7 Å². The summed E-state index contributed by atoms with van der Waals surface area (Å²) in [5.41, 5.74) is 2.77. The lowest BCUT2D eigenvalue weighted by Gasteiger charge is -2.24. The Morgan fingerprint density at radius 3 is 2.24 bits per heavy atom. The van der Waals surface area contributed by atoms with Crippen LogP contribution in [0.3, 0.4) is 0 Å². The molecule has 4 rings (SSSR count). The van der Waals surface area contributed by atoms with Crippen molar-refractivity contribution in [3.05, 3.63) is 92.9 Å². The SMILES string of the molecule is Cc1ccc(C2/C(=C(\O)c3cc(C(C)(C)C)ccc3C)C(=O)C(=O)N2c2ccc(Br)cc2)o1. The van der Waals surface area contributed by atoms with Crippen molar-refractivity contribution < 1.29 is 19.1 Å². The maximum atomic E-state index is 13.3. The third-order valence-corrected chi connectivity index (χ3v) is 6.47. The predicted octanol–water partition coefficient (Wildman–Crippen LogP) is 6.58. The molecule has 1 unspecified atom stereocenters. The number of aliphatic hydroxyl groups excluding tert-OH is 1. The van der Waals surface area contributed by atoms with Gasteiger partial charge in [-0.3, -0.25) is 14.5 Å². The van der Waals surface area contributed by atoms with E-state index in [2.05, 4.69) is 36.7 Å². The van der Waals surface area contributed by atoms with Gasteiger partial charge in [0.2, 0.25) is 0 Å². The van der Waals surface area contributed by atoms with Gasteiger partial charge in [-0.15, -0.1) is 0 Å².